The maximum absolute atomic E-state index is 11.0. The number of β-lactam (4-membered cyclic amide) rings is 1. The van der Waals surface area contributed by atoms with Gasteiger partial charge in [0.1, 0.15) is 0 Å². The summed E-state index contributed by atoms with van der Waals surface area (Å²) in [4.78, 5) is 12.5. The Hall–Kier alpha value is -0.570. The van der Waals surface area contributed by atoms with Crippen LogP contribution in [0.4, 0.5) is 0 Å². The molecule has 0 aromatic carbocycles. The standard InChI is InChI=1S/C7H13NO2/c1-5(2)7(10)4-8(3)6(7)9/h5,10H,4H2,1-3H3. The highest BCUT2D eigenvalue weighted by molar-refractivity contribution is 5.91. The molecule has 0 radical (unpaired) electrons. The van der Waals surface area contributed by atoms with Gasteiger partial charge < -0.3 is 10.0 Å². The van der Waals surface area contributed by atoms with Gasteiger partial charge in [0.15, 0.2) is 5.60 Å². The van der Waals surface area contributed by atoms with Crippen LogP contribution in [0.1, 0.15) is 13.8 Å². The van der Waals surface area contributed by atoms with Crippen molar-refractivity contribution in [1.29, 1.82) is 0 Å². The van der Waals surface area contributed by atoms with Crippen molar-refractivity contribution in [2.24, 2.45) is 5.92 Å². The largest absolute Gasteiger partial charge is 0.378 e. The van der Waals surface area contributed by atoms with Crippen molar-refractivity contribution in [3.63, 3.8) is 0 Å². The van der Waals surface area contributed by atoms with Crippen LogP contribution in [0.25, 0.3) is 0 Å². The van der Waals surface area contributed by atoms with Gasteiger partial charge in [-0.2, -0.15) is 0 Å². The predicted molar refractivity (Wildman–Crippen MR) is 37.4 cm³/mol. The van der Waals surface area contributed by atoms with E-state index < -0.39 is 5.60 Å². The molecule has 0 aromatic heterocycles. The van der Waals surface area contributed by atoms with Gasteiger partial charge in [0.05, 0.1) is 6.54 Å². The number of likely N-dealkylation sites (N-methyl/N-ethyl adjacent to an activating group) is 1. The summed E-state index contributed by atoms with van der Waals surface area (Å²) in [5, 5.41) is 9.54. The fourth-order valence-corrected chi connectivity index (χ4v) is 1.17. The summed E-state index contributed by atoms with van der Waals surface area (Å²) in [7, 11) is 1.69. The highest BCUT2D eigenvalue weighted by Crippen LogP contribution is 2.28. The average Bonchev–Trinajstić information content (AvgIpc) is 1.87. The number of hydrogen-bond donors (Lipinski definition) is 1. The van der Waals surface area contributed by atoms with E-state index in [4.69, 9.17) is 0 Å². The lowest BCUT2D eigenvalue weighted by atomic mass is 9.82. The first kappa shape index (κ1) is 7.54. The monoisotopic (exact) mass is 143 g/mol. The van der Waals surface area contributed by atoms with Crippen molar-refractivity contribution in [1.82, 2.24) is 4.90 Å². The summed E-state index contributed by atoms with van der Waals surface area (Å²) in [6, 6.07) is 0. The molecule has 1 amide bonds. The van der Waals surface area contributed by atoms with Crippen LogP contribution >= 0.6 is 0 Å². The highest BCUT2D eigenvalue weighted by atomic mass is 16.3. The SMILES string of the molecule is CC(C)C1(O)CN(C)C1=O. The molecule has 1 rings (SSSR count). The first-order valence-corrected chi connectivity index (χ1v) is 3.46. The number of nitrogens with zero attached hydrogens (tertiary/aromatic N) is 1. The van der Waals surface area contributed by atoms with E-state index in [9.17, 15) is 9.90 Å². The molecule has 58 valence electrons. The molecular weight excluding hydrogens is 130 g/mol. The number of β-amino-alcohol motifs (C(OH)–C–C–N with tert-alkyl or cyclic N) is 1. The van der Waals surface area contributed by atoms with Gasteiger partial charge in [-0.05, 0) is 5.92 Å². The Morgan fingerprint density at radius 1 is 1.70 bits per heavy atom. The van der Waals surface area contributed by atoms with E-state index in [0.29, 0.717) is 6.54 Å². The number of amides is 1. The second-order valence-corrected chi connectivity index (χ2v) is 3.24. The molecule has 1 N–H and O–H groups in total. The lowest BCUT2D eigenvalue weighted by Crippen LogP contribution is -2.67. The van der Waals surface area contributed by atoms with Gasteiger partial charge >= 0.3 is 0 Å². The third kappa shape index (κ3) is 0.736. The fourth-order valence-electron chi connectivity index (χ4n) is 1.17. The Bertz CT molecular complexity index is 167. The van der Waals surface area contributed by atoms with Crippen molar-refractivity contribution in [2.45, 2.75) is 19.4 Å². The van der Waals surface area contributed by atoms with Crippen LogP contribution in [0.5, 0.6) is 0 Å². The highest BCUT2D eigenvalue weighted by Gasteiger charge is 2.50. The second kappa shape index (κ2) is 1.95. The zero-order chi connectivity index (χ0) is 7.94. The van der Waals surface area contributed by atoms with Gasteiger partial charge in [-0.15, -0.1) is 0 Å². The van der Waals surface area contributed by atoms with Gasteiger partial charge in [-0.1, -0.05) is 13.8 Å². The third-order valence-electron chi connectivity index (χ3n) is 2.15. The second-order valence-electron chi connectivity index (χ2n) is 3.24. The molecule has 1 aliphatic heterocycles. The normalized spacial score (nSPS) is 32.9. The lowest BCUT2D eigenvalue weighted by molar-refractivity contribution is -0.179. The molecule has 1 heterocycles. The van der Waals surface area contributed by atoms with E-state index in [1.165, 1.54) is 4.90 Å². The molecule has 0 saturated carbocycles. The predicted octanol–water partition coefficient (Wildman–Crippen LogP) is -0.155. The number of rotatable bonds is 1. The molecule has 1 fully saturated rings. The van der Waals surface area contributed by atoms with E-state index in [2.05, 4.69) is 0 Å². The smallest absolute Gasteiger partial charge is 0.256 e. The first-order chi connectivity index (χ1) is 4.48. The van der Waals surface area contributed by atoms with Crippen molar-refractivity contribution in [2.75, 3.05) is 13.6 Å². The topological polar surface area (TPSA) is 40.5 Å². The summed E-state index contributed by atoms with van der Waals surface area (Å²) >= 11 is 0. The number of aliphatic hydroxyl groups is 1. The quantitative estimate of drug-likeness (QED) is 0.518. The van der Waals surface area contributed by atoms with Crippen molar-refractivity contribution in [3.8, 4) is 0 Å². The van der Waals surface area contributed by atoms with E-state index in [0.717, 1.165) is 0 Å². The molecule has 1 unspecified atom stereocenters. The maximum Gasteiger partial charge on any atom is 0.256 e. The molecule has 0 bridgehead atoms. The number of carbonyl (C=O) groups excluding carboxylic acids is 1. The molecule has 3 nitrogen and oxygen atoms in total. The van der Waals surface area contributed by atoms with E-state index in [-0.39, 0.29) is 11.8 Å². The summed E-state index contributed by atoms with van der Waals surface area (Å²) in [5.74, 6) is -0.126. The minimum absolute atomic E-state index is 0.0243. The minimum atomic E-state index is -1.06. The van der Waals surface area contributed by atoms with Crippen LogP contribution in [0.3, 0.4) is 0 Å². The van der Waals surface area contributed by atoms with Gasteiger partial charge in [0.25, 0.3) is 5.91 Å². The summed E-state index contributed by atoms with van der Waals surface area (Å²) < 4.78 is 0. The number of carbonyl (C=O) groups is 1. The van der Waals surface area contributed by atoms with Gasteiger partial charge in [0, 0.05) is 7.05 Å². The van der Waals surface area contributed by atoms with Gasteiger partial charge in [0.2, 0.25) is 0 Å². The van der Waals surface area contributed by atoms with Crippen LogP contribution in [0.15, 0.2) is 0 Å². The molecule has 1 atom stereocenters. The van der Waals surface area contributed by atoms with Gasteiger partial charge in [-0.25, -0.2) is 0 Å². The maximum atomic E-state index is 11.0. The Balaban J connectivity index is 2.67. The molecular formula is C7H13NO2. The van der Waals surface area contributed by atoms with E-state index >= 15 is 0 Å². The van der Waals surface area contributed by atoms with Crippen LogP contribution in [0, 0.1) is 5.92 Å². The van der Waals surface area contributed by atoms with Crippen molar-refractivity contribution >= 4 is 5.91 Å². The average molecular weight is 143 g/mol. The Labute approximate surface area is 60.6 Å². The lowest BCUT2D eigenvalue weighted by Gasteiger charge is -2.45. The molecule has 0 aliphatic carbocycles. The number of likely N-dealkylation sites (tertiary alicyclic amines) is 1. The zero-order valence-corrected chi connectivity index (χ0v) is 6.59. The van der Waals surface area contributed by atoms with Crippen LogP contribution in [-0.4, -0.2) is 35.1 Å². The zero-order valence-electron chi connectivity index (χ0n) is 6.59. The van der Waals surface area contributed by atoms with Crippen LogP contribution in [-0.2, 0) is 4.79 Å². The summed E-state index contributed by atoms with van der Waals surface area (Å²) in [6.07, 6.45) is 0. The molecule has 1 aliphatic rings. The third-order valence-corrected chi connectivity index (χ3v) is 2.15. The first-order valence-electron chi connectivity index (χ1n) is 3.46. The van der Waals surface area contributed by atoms with E-state index in [1.54, 1.807) is 7.05 Å². The number of hydrogen-bond acceptors (Lipinski definition) is 2. The molecule has 10 heavy (non-hydrogen) atoms. The van der Waals surface area contributed by atoms with Crippen molar-refractivity contribution in [3.05, 3.63) is 0 Å². The Morgan fingerprint density at radius 2 is 2.20 bits per heavy atom. The fraction of sp³-hybridized carbons (Fsp3) is 0.857. The van der Waals surface area contributed by atoms with Crippen LogP contribution in [0.2, 0.25) is 0 Å². The summed E-state index contributed by atoms with van der Waals surface area (Å²) in [6.45, 7) is 4.18. The summed E-state index contributed by atoms with van der Waals surface area (Å²) in [5.41, 5.74) is -1.06. The molecule has 1 saturated heterocycles. The van der Waals surface area contributed by atoms with E-state index in [1.807, 2.05) is 13.8 Å². The molecule has 0 spiro atoms. The Kier molecular flexibility index (Phi) is 1.47. The van der Waals surface area contributed by atoms with Crippen molar-refractivity contribution < 1.29 is 9.90 Å². The molecule has 0 aromatic rings. The van der Waals surface area contributed by atoms with Gasteiger partial charge in [-0.3, -0.25) is 4.79 Å². The molecule has 3 heteroatoms. The van der Waals surface area contributed by atoms with Crippen LogP contribution < -0.4 is 0 Å². The Morgan fingerprint density at radius 3 is 2.30 bits per heavy atom. The minimum Gasteiger partial charge on any atom is -0.378 e.